The minimum atomic E-state index is -0.421. The predicted octanol–water partition coefficient (Wildman–Crippen LogP) is 5.16. The number of aromatic nitrogens is 1. The first kappa shape index (κ1) is 31.5. The van der Waals surface area contributed by atoms with Gasteiger partial charge in [-0.3, -0.25) is 24.1 Å². The number of benzene rings is 3. The van der Waals surface area contributed by atoms with Crippen LogP contribution < -0.4 is 34.0 Å². The van der Waals surface area contributed by atoms with Gasteiger partial charge in [-0.2, -0.15) is 0 Å². The van der Waals surface area contributed by atoms with Crippen molar-refractivity contribution in [2.24, 2.45) is 29.6 Å². The number of nitrogens with zero attached hydrogens (tertiary/aromatic N) is 1. The highest BCUT2D eigenvalue weighted by atomic mass is 32.2. The molecule has 4 aromatic rings. The number of thioether (sulfide) groups is 1. The number of nitrogens with one attached hydrogen (secondary N) is 2. The maximum absolute atomic E-state index is 14.1. The molecule has 7 atom stereocenters. The average molecular weight is 700 g/mol. The number of methoxy groups -OCH3 is 3. The van der Waals surface area contributed by atoms with Gasteiger partial charge in [-0.05, 0) is 90.4 Å². The van der Waals surface area contributed by atoms with Crippen LogP contribution in [0.3, 0.4) is 0 Å². The van der Waals surface area contributed by atoms with Gasteiger partial charge in [0.25, 0.3) is 5.91 Å². The number of imide groups is 1. The van der Waals surface area contributed by atoms with Gasteiger partial charge in [-0.25, -0.2) is 0 Å². The molecule has 0 radical (unpaired) electrons. The summed E-state index contributed by atoms with van der Waals surface area (Å²) >= 11 is 2.83. The van der Waals surface area contributed by atoms with Crippen molar-refractivity contribution in [2.45, 2.75) is 22.6 Å². The van der Waals surface area contributed by atoms with Gasteiger partial charge in [0, 0.05) is 21.7 Å². The Morgan fingerprint density at radius 2 is 1.53 bits per heavy atom. The Balaban J connectivity index is 1.07. The molecule has 3 fully saturated rings. The van der Waals surface area contributed by atoms with E-state index in [0.717, 1.165) is 21.9 Å². The van der Waals surface area contributed by atoms with Crippen molar-refractivity contribution in [2.75, 3.05) is 38.2 Å². The number of rotatable bonds is 9. The summed E-state index contributed by atoms with van der Waals surface area (Å²) < 4.78 is 22.1. The molecule has 49 heavy (non-hydrogen) atoms. The van der Waals surface area contributed by atoms with Crippen molar-refractivity contribution < 1.29 is 33.3 Å². The second kappa shape index (κ2) is 12.3. The van der Waals surface area contributed by atoms with Crippen LogP contribution in [0.4, 0.5) is 11.4 Å². The summed E-state index contributed by atoms with van der Waals surface area (Å²) in [5.41, 5.74) is 2.09. The Kier molecular flexibility index (Phi) is 7.91. The number of H-pyrrole nitrogens is 1. The molecule has 2 aliphatic heterocycles. The Morgan fingerprint density at radius 1 is 0.857 bits per heavy atom. The number of carbonyl (C=O) groups excluding carboxylic acids is 3. The normalized spacial score (nSPS) is 26.2. The molecule has 252 valence electrons. The summed E-state index contributed by atoms with van der Waals surface area (Å²) in [4.78, 5) is 58.6. The van der Waals surface area contributed by atoms with E-state index in [4.69, 9.17) is 18.9 Å². The molecule has 4 unspecified atom stereocenters. The highest BCUT2D eigenvalue weighted by Gasteiger charge is 2.69. The summed E-state index contributed by atoms with van der Waals surface area (Å²) in [7, 11) is 4.70. The molecular formula is C36H33N3O8S2. The van der Waals surface area contributed by atoms with Crippen molar-refractivity contribution >= 4 is 52.2 Å². The van der Waals surface area contributed by atoms with Crippen LogP contribution >= 0.6 is 23.1 Å². The lowest BCUT2D eigenvalue weighted by molar-refractivity contribution is -0.123. The summed E-state index contributed by atoms with van der Waals surface area (Å²) in [6, 6.07) is 19.7. The fourth-order valence-electron chi connectivity index (χ4n) is 8.39. The highest BCUT2D eigenvalue weighted by Crippen LogP contribution is 2.68. The van der Waals surface area contributed by atoms with Crippen molar-refractivity contribution in [3.05, 3.63) is 86.8 Å². The fourth-order valence-corrected chi connectivity index (χ4v) is 11.3. The quantitative estimate of drug-likeness (QED) is 0.227. The zero-order valence-corrected chi connectivity index (χ0v) is 28.5. The van der Waals surface area contributed by atoms with Gasteiger partial charge in [0.2, 0.25) is 11.8 Å². The van der Waals surface area contributed by atoms with Crippen molar-refractivity contribution in [3.63, 3.8) is 0 Å². The number of amides is 3. The van der Waals surface area contributed by atoms with E-state index in [1.807, 2.05) is 12.1 Å². The van der Waals surface area contributed by atoms with E-state index in [9.17, 15) is 19.2 Å². The molecule has 11 nitrogen and oxygen atoms in total. The summed E-state index contributed by atoms with van der Waals surface area (Å²) in [6.07, 6.45) is 0.781. The predicted molar refractivity (Wildman–Crippen MR) is 184 cm³/mol. The zero-order chi connectivity index (χ0) is 34.0. The molecule has 0 spiro atoms. The number of anilines is 2. The van der Waals surface area contributed by atoms with Crippen LogP contribution in [-0.4, -0.2) is 55.9 Å². The molecular weight excluding hydrogens is 667 g/mol. The maximum atomic E-state index is 14.1. The molecule has 2 N–H and O–H groups in total. The SMILES string of the molecule is COc1ccc(NC(=O)COc2ccc([C@H]3c4sc(=O)[nH]c4SC4C3[C@H]3C[C@@H]4C4C(=O)N(c5ccc(OC)cc5)C(=O)C43)cc2OC)cc1. The van der Waals surface area contributed by atoms with Crippen LogP contribution in [0, 0.1) is 29.6 Å². The number of hydrogen-bond donors (Lipinski definition) is 2. The third-order valence-corrected chi connectivity index (χ3v) is 12.9. The van der Waals surface area contributed by atoms with Crippen LogP contribution in [0.25, 0.3) is 0 Å². The largest absolute Gasteiger partial charge is 0.497 e. The molecule has 4 aliphatic rings. The molecule has 3 aromatic carbocycles. The molecule has 3 amide bonds. The molecule has 8 rings (SSSR count). The van der Waals surface area contributed by atoms with Crippen LogP contribution in [-0.2, 0) is 14.4 Å². The fraction of sp³-hybridized carbons (Fsp3) is 0.333. The smallest absolute Gasteiger partial charge is 0.305 e. The Labute approximate surface area is 289 Å². The standard InChI is InChI=1S/C36H33N3O8S2/c1-44-20-9-5-18(6-10-20)37-26(40)16-47-24-13-4-17(14-25(24)46-3)27-28-22-15-23(31(28)48-33-32(27)49-36(43)38-33)30-29(22)34(41)39(35(30)42)19-7-11-21(45-2)12-8-19/h4-14,22-23,27-31H,15-16H2,1-3H3,(H,37,40)(H,38,43)/t22-,23-,27-,28?,29?,30?,31?/m1/s1. The first-order chi connectivity index (χ1) is 23.8. The van der Waals surface area contributed by atoms with Crippen LogP contribution in [0.1, 0.15) is 22.8 Å². The first-order valence-corrected chi connectivity index (χ1v) is 17.7. The average Bonchev–Trinajstić information content (AvgIpc) is 3.86. The Hall–Kier alpha value is -4.75. The van der Waals surface area contributed by atoms with E-state index in [2.05, 4.69) is 10.3 Å². The van der Waals surface area contributed by atoms with Gasteiger partial charge in [-0.15, -0.1) is 11.8 Å². The highest BCUT2D eigenvalue weighted by molar-refractivity contribution is 8.00. The van der Waals surface area contributed by atoms with Gasteiger partial charge in [0.15, 0.2) is 18.1 Å². The van der Waals surface area contributed by atoms with E-state index in [1.165, 1.54) is 16.2 Å². The monoisotopic (exact) mass is 699 g/mol. The van der Waals surface area contributed by atoms with Crippen LogP contribution in [0.5, 0.6) is 23.0 Å². The number of hydrogen-bond acceptors (Lipinski definition) is 10. The van der Waals surface area contributed by atoms with Gasteiger partial charge in [0.1, 0.15) is 11.5 Å². The van der Waals surface area contributed by atoms with E-state index in [1.54, 1.807) is 87.7 Å². The summed E-state index contributed by atoms with van der Waals surface area (Å²) in [5, 5.41) is 3.68. The minimum Gasteiger partial charge on any atom is -0.497 e. The molecule has 2 bridgehead atoms. The third kappa shape index (κ3) is 5.18. The molecule has 1 aromatic heterocycles. The third-order valence-electron chi connectivity index (χ3n) is 10.3. The lowest BCUT2D eigenvalue weighted by Gasteiger charge is -2.43. The first-order valence-electron chi connectivity index (χ1n) is 16.0. The minimum absolute atomic E-state index is 0.00235. The van der Waals surface area contributed by atoms with Crippen LogP contribution in [0.15, 0.2) is 76.6 Å². The number of thiazole rings is 1. The number of fused-ring (bicyclic) bond motifs is 9. The van der Waals surface area contributed by atoms with Crippen molar-refractivity contribution in [1.82, 2.24) is 4.98 Å². The molecule has 1 saturated heterocycles. The van der Waals surface area contributed by atoms with E-state index >= 15 is 0 Å². The summed E-state index contributed by atoms with van der Waals surface area (Å²) in [5.74, 6) is 0.532. The number of carbonyl (C=O) groups is 3. The van der Waals surface area contributed by atoms with Crippen molar-refractivity contribution in [1.29, 1.82) is 0 Å². The van der Waals surface area contributed by atoms with E-state index in [0.29, 0.717) is 34.4 Å². The second-order valence-electron chi connectivity index (χ2n) is 12.6. The Bertz CT molecular complexity index is 2010. The maximum Gasteiger partial charge on any atom is 0.305 e. The molecule has 2 aliphatic carbocycles. The molecule has 2 saturated carbocycles. The molecule has 3 heterocycles. The summed E-state index contributed by atoms with van der Waals surface area (Å²) in [6.45, 7) is -0.232. The van der Waals surface area contributed by atoms with Gasteiger partial charge < -0.3 is 29.2 Å². The van der Waals surface area contributed by atoms with Gasteiger partial charge in [-0.1, -0.05) is 17.4 Å². The number of aromatic amines is 1. The molecule has 13 heteroatoms. The topological polar surface area (TPSA) is 136 Å². The van der Waals surface area contributed by atoms with Gasteiger partial charge >= 0.3 is 4.87 Å². The second-order valence-corrected chi connectivity index (χ2v) is 14.8. The zero-order valence-electron chi connectivity index (χ0n) is 26.8. The van der Waals surface area contributed by atoms with Crippen LogP contribution in [0.2, 0.25) is 0 Å². The Morgan fingerprint density at radius 3 is 2.20 bits per heavy atom. The van der Waals surface area contributed by atoms with Gasteiger partial charge in [0.05, 0.1) is 43.9 Å². The van der Waals surface area contributed by atoms with E-state index in [-0.39, 0.29) is 58.1 Å². The lowest BCUT2D eigenvalue weighted by atomic mass is 9.68. The lowest BCUT2D eigenvalue weighted by Crippen LogP contribution is -2.42. The van der Waals surface area contributed by atoms with Crippen molar-refractivity contribution in [3.8, 4) is 23.0 Å². The van der Waals surface area contributed by atoms with E-state index < -0.39 is 11.8 Å². The number of ether oxygens (including phenoxy) is 4.